The minimum absolute atomic E-state index is 0.0204. The second-order valence-corrected chi connectivity index (χ2v) is 9.01. The number of halogens is 1. The summed E-state index contributed by atoms with van der Waals surface area (Å²) in [6.07, 6.45) is 0.217. The number of sulfonamides is 1. The van der Waals surface area contributed by atoms with E-state index in [4.69, 9.17) is 11.6 Å². The molecule has 30 heavy (non-hydrogen) atoms. The molecule has 0 saturated carbocycles. The molecule has 1 aromatic heterocycles. The van der Waals surface area contributed by atoms with Crippen molar-refractivity contribution in [2.24, 2.45) is 0 Å². The number of nitrogens with zero attached hydrogens (tertiary/aromatic N) is 1. The summed E-state index contributed by atoms with van der Waals surface area (Å²) in [5, 5.41) is 6.20. The highest BCUT2D eigenvalue weighted by molar-refractivity contribution is 7.92. The van der Waals surface area contributed by atoms with Gasteiger partial charge in [0.2, 0.25) is 5.91 Å². The van der Waals surface area contributed by atoms with Crippen LogP contribution in [0.3, 0.4) is 0 Å². The normalized spacial score (nSPS) is 16.1. The molecule has 0 aliphatic carbocycles. The van der Waals surface area contributed by atoms with Gasteiger partial charge in [-0.1, -0.05) is 23.7 Å². The summed E-state index contributed by atoms with van der Waals surface area (Å²) in [6.45, 7) is 0.337. The molecule has 2 heterocycles. The number of aromatic nitrogens is 1. The monoisotopic (exact) mass is 446 g/mol. The first-order valence-electron chi connectivity index (χ1n) is 9.21. The van der Waals surface area contributed by atoms with Crippen LogP contribution in [-0.2, 0) is 14.8 Å². The number of anilines is 1. The van der Waals surface area contributed by atoms with E-state index in [0.29, 0.717) is 23.3 Å². The smallest absolute Gasteiger partial charge is 0.268 e. The SMILES string of the molecule is CNC(=O)CC1CNC(=O)c2cc3cc(NS(=O)(=O)c4ccccc4Cl)ccc3n21. The Bertz CT molecular complexity index is 1270. The van der Waals surface area contributed by atoms with Gasteiger partial charge in [0.1, 0.15) is 10.6 Å². The number of hydrogen-bond donors (Lipinski definition) is 3. The highest BCUT2D eigenvalue weighted by Gasteiger charge is 2.28. The Balaban J connectivity index is 1.72. The molecule has 4 rings (SSSR count). The maximum absolute atomic E-state index is 12.7. The molecular formula is C20H19ClN4O4S. The molecule has 10 heteroatoms. The lowest BCUT2D eigenvalue weighted by Crippen LogP contribution is -2.40. The number of carbonyl (C=O) groups excluding carboxylic acids is 2. The van der Waals surface area contributed by atoms with Gasteiger partial charge in [-0.15, -0.1) is 0 Å². The van der Waals surface area contributed by atoms with Crippen molar-refractivity contribution in [2.75, 3.05) is 18.3 Å². The van der Waals surface area contributed by atoms with Crippen molar-refractivity contribution in [3.63, 3.8) is 0 Å². The Kier molecular flexibility index (Phi) is 5.17. The minimum atomic E-state index is -3.88. The molecule has 156 valence electrons. The molecule has 8 nitrogen and oxygen atoms in total. The van der Waals surface area contributed by atoms with Gasteiger partial charge in [-0.25, -0.2) is 8.42 Å². The van der Waals surface area contributed by atoms with Gasteiger partial charge < -0.3 is 15.2 Å². The summed E-state index contributed by atoms with van der Waals surface area (Å²) < 4.78 is 29.8. The van der Waals surface area contributed by atoms with E-state index in [1.54, 1.807) is 43.4 Å². The number of nitrogens with one attached hydrogen (secondary N) is 3. The summed E-state index contributed by atoms with van der Waals surface area (Å²) in [5.41, 5.74) is 1.51. The third-order valence-electron chi connectivity index (χ3n) is 5.01. The third kappa shape index (κ3) is 3.61. The van der Waals surface area contributed by atoms with Crippen LogP contribution in [0.4, 0.5) is 5.69 Å². The highest BCUT2D eigenvalue weighted by atomic mass is 35.5. The molecule has 3 N–H and O–H groups in total. The highest BCUT2D eigenvalue weighted by Crippen LogP contribution is 2.31. The lowest BCUT2D eigenvalue weighted by atomic mass is 10.1. The molecule has 2 aromatic carbocycles. The van der Waals surface area contributed by atoms with E-state index in [9.17, 15) is 18.0 Å². The van der Waals surface area contributed by atoms with Crippen LogP contribution >= 0.6 is 11.6 Å². The van der Waals surface area contributed by atoms with Crippen molar-refractivity contribution in [1.82, 2.24) is 15.2 Å². The summed E-state index contributed by atoms with van der Waals surface area (Å²) >= 11 is 6.02. The van der Waals surface area contributed by atoms with E-state index < -0.39 is 10.0 Å². The summed E-state index contributed by atoms with van der Waals surface area (Å²) in [7, 11) is -2.31. The number of hydrogen-bond acceptors (Lipinski definition) is 4. The van der Waals surface area contributed by atoms with Crippen LogP contribution in [0.1, 0.15) is 23.0 Å². The van der Waals surface area contributed by atoms with Crippen molar-refractivity contribution < 1.29 is 18.0 Å². The quantitative estimate of drug-likeness (QED) is 0.559. The van der Waals surface area contributed by atoms with E-state index in [1.165, 1.54) is 12.1 Å². The van der Waals surface area contributed by atoms with Gasteiger partial charge >= 0.3 is 0 Å². The van der Waals surface area contributed by atoms with Crippen LogP contribution in [0.25, 0.3) is 10.9 Å². The molecule has 0 bridgehead atoms. The van der Waals surface area contributed by atoms with Crippen LogP contribution < -0.4 is 15.4 Å². The Hall–Kier alpha value is -3.04. The zero-order chi connectivity index (χ0) is 21.5. The van der Waals surface area contributed by atoms with Crippen LogP contribution in [0, 0.1) is 0 Å². The van der Waals surface area contributed by atoms with E-state index >= 15 is 0 Å². The van der Waals surface area contributed by atoms with Crippen LogP contribution in [-0.4, -0.2) is 38.4 Å². The standard InChI is InChI=1S/C20H19ClN4O4S/c1-22-19(26)10-14-11-23-20(27)17-9-12-8-13(6-7-16(12)25(14)17)24-30(28,29)18-5-3-2-4-15(18)21/h2-9,14,24H,10-11H2,1H3,(H,22,26)(H,23,27). The van der Waals surface area contributed by atoms with Gasteiger partial charge in [-0.3, -0.25) is 14.3 Å². The first-order valence-corrected chi connectivity index (χ1v) is 11.1. The molecule has 3 aromatic rings. The Morgan fingerprint density at radius 3 is 2.73 bits per heavy atom. The fourth-order valence-electron chi connectivity index (χ4n) is 3.61. The Morgan fingerprint density at radius 1 is 1.23 bits per heavy atom. The van der Waals surface area contributed by atoms with Gasteiger partial charge in [-0.05, 0) is 36.4 Å². The van der Waals surface area contributed by atoms with E-state index in [-0.39, 0.29) is 34.2 Å². The summed E-state index contributed by atoms with van der Waals surface area (Å²) in [4.78, 5) is 24.2. The van der Waals surface area contributed by atoms with Gasteiger partial charge in [0, 0.05) is 36.6 Å². The molecular weight excluding hydrogens is 428 g/mol. The number of amides is 2. The van der Waals surface area contributed by atoms with Crippen molar-refractivity contribution in [1.29, 1.82) is 0 Å². The Morgan fingerprint density at radius 2 is 2.00 bits per heavy atom. The van der Waals surface area contributed by atoms with Crippen molar-refractivity contribution in [3.05, 3.63) is 59.2 Å². The lowest BCUT2D eigenvalue weighted by molar-refractivity contribution is -0.121. The Labute approximate surface area is 178 Å². The van der Waals surface area contributed by atoms with Crippen LogP contribution in [0.15, 0.2) is 53.4 Å². The molecule has 1 atom stereocenters. The van der Waals surface area contributed by atoms with E-state index in [2.05, 4.69) is 15.4 Å². The van der Waals surface area contributed by atoms with Gasteiger partial charge in [-0.2, -0.15) is 0 Å². The fourth-order valence-corrected chi connectivity index (χ4v) is 5.18. The molecule has 0 saturated heterocycles. The summed E-state index contributed by atoms with van der Waals surface area (Å²) in [6, 6.07) is 12.6. The second-order valence-electron chi connectivity index (χ2n) is 6.95. The zero-order valence-electron chi connectivity index (χ0n) is 16.0. The zero-order valence-corrected chi connectivity index (χ0v) is 17.5. The maximum atomic E-state index is 12.7. The lowest BCUT2D eigenvalue weighted by Gasteiger charge is -2.26. The van der Waals surface area contributed by atoms with E-state index in [0.717, 1.165) is 5.52 Å². The fraction of sp³-hybridized carbons (Fsp3) is 0.200. The van der Waals surface area contributed by atoms with Crippen molar-refractivity contribution in [2.45, 2.75) is 17.4 Å². The van der Waals surface area contributed by atoms with Crippen LogP contribution in [0.5, 0.6) is 0 Å². The molecule has 1 aliphatic rings. The average molecular weight is 447 g/mol. The van der Waals surface area contributed by atoms with Gasteiger partial charge in [0.25, 0.3) is 15.9 Å². The number of fused-ring (bicyclic) bond motifs is 3. The first kappa shape index (κ1) is 20.2. The van der Waals surface area contributed by atoms with Crippen molar-refractivity contribution in [3.8, 4) is 0 Å². The summed E-state index contributed by atoms with van der Waals surface area (Å²) in [5.74, 6) is -0.370. The largest absolute Gasteiger partial charge is 0.359 e. The topological polar surface area (TPSA) is 109 Å². The second kappa shape index (κ2) is 7.66. The molecule has 0 radical (unpaired) electrons. The predicted octanol–water partition coefficient (Wildman–Crippen LogP) is 2.52. The molecule has 1 unspecified atom stereocenters. The van der Waals surface area contributed by atoms with E-state index in [1.807, 2.05) is 4.57 Å². The molecule has 0 fully saturated rings. The van der Waals surface area contributed by atoms with Crippen molar-refractivity contribution >= 4 is 50.0 Å². The maximum Gasteiger partial charge on any atom is 0.268 e. The third-order valence-corrected chi connectivity index (χ3v) is 6.89. The van der Waals surface area contributed by atoms with Gasteiger partial charge in [0.15, 0.2) is 0 Å². The van der Waals surface area contributed by atoms with Crippen LogP contribution in [0.2, 0.25) is 5.02 Å². The van der Waals surface area contributed by atoms with Gasteiger partial charge in [0.05, 0.1) is 11.1 Å². The molecule has 1 aliphatic heterocycles. The molecule has 2 amide bonds. The average Bonchev–Trinajstić information content (AvgIpc) is 3.09. The molecule has 0 spiro atoms. The number of benzene rings is 2. The predicted molar refractivity (Wildman–Crippen MR) is 114 cm³/mol. The number of rotatable bonds is 5. The number of carbonyl (C=O) groups is 2. The minimum Gasteiger partial charge on any atom is -0.359 e. The first-order chi connectivity index (χ1) is 14.3.